The molecule has 0 unspecified atom stereocenters. The number of methoxy groups -OCH3 is 1. The summed E-state index contributed by atoms with van der Waals surface area (Å²) in [6, 6.07) is 3.53. The Morgan fingerprint density at radius 3 is 3.00 bits per heavy atom. The lowest BCUT2D eigenvalue weighted by Gasteiger charge is -1.85. The Hall–Kier alpha value is -0.870. The van der Waals surface area contributed by atoms with Crippen LogP contribution in [0.1, 0.15) is 0 Å². The van der Waals surface area contributed by atoms with Gasteiger partial charge in [-0.25, -0.2) is 9.97 Å². The minimum Gasteiger partial charge on any atom is -0.473 e. The number of rotatable bonds is 1. The first-order valence-electron chi connectivity index (χ1n) is 3.26. The lowest BCUT2D eigenvalue weighted by Crippen LogP contribution is -1.78. The zero-order chi connectivity index (χ0) is 8.55. The van der Waals surface area contributed by atoms with Gasteiger partial charge in [0.2, 0.25) is 0 Å². The van der Waals surface area contributed by atoms with Gasteiger partial charge in [0.25, 0.3) is 5.19 Å². The SMILES string of the molecule is COc1nc2ccc(Cl)nc2s1. The molecule has 0 bridgehead atoms. The van der Waals surface area contributed by atoms with Crippen molar-refractivity contribution < 1.29 is 4.74 Å². The normalized spacial score (nSPS) is 10.5. The van der Waals surface area contributed by atoms with Crippen molar-refractivity contribution in [3.63, 3.8) is 0 Å². The van der Waals surface area contributed by atoms with Crippen LogP contribution in [0, 0.1) is 0 Å². The molecule has 0 aliphatic carbocycles. The van der Waals surface area contributed by atoms with E-state index in [1.54, 1.807) is 13.2 Å². The first-order valence-corrected chi connectivity index (χ1v) is 4.46. The van der Waals surface area contributed by atoms with Gasteiger partial charge >= 0.3 is 0 Å². The highest BCUT2D eigenvalue weighted by Crippen LogP contribution is 2.26. The summed E-state index contributed by atoms with van der Waals surface area (Å²) in [4.78, 5) is 9.04. The van der Waals surface area contributed by atoms with E-state index in [2.05, 4.69) is 9.97 Å². The minimum atomic E-state index is 0.480. The molecule has 5 heteroatoms. The maximum atomic E-state index is 5.70. The van der Waals surface area contributed by atoms with E-state index in [0.717, 1.165) is 10.3 Å². The molecule has 0 aliphatic rings. The van der Waals surface area contributed by atoms with Gasteiger partial charge in [-0.2, -0.15) is 0 Å². The second-order valence-electron chi connectivity index (χ2n) is 2.14. The summed E-state index contributed by atoms with van der Waals surface area (Å²) >= 11 is 7.08. The third kappa shape index (κ3) is 1.23. The maximum Gasteiger partial charge on any atom is 0.275 e. The number of hydrogen-bond donors (Lipinski definition) is 0. The standard InChI is InChI=1S/C7H5ClN2OS/c1-11-7-9-4-2-3-5(8)10-6(4)12-7/h2-3H,1H3. The van der Waals surface area contributed by atoms with Gasteiger partial charge in [0.15, 0.2) is 0 Å². The molecule has 0 amide bonds. The highest BCUT2D eigenvalue weighted by Gasteiger charge is 2.04. The van der Waals surface area contributed by atoms with E-state index in [1.807, 2.05) is 6.07 Å². The van der Waals surface area contributed by atoms with E-state index in [4.69, 9.17) is 16.3 Å². The van der Waals surface area contributed by atoms with Crippen molar-refractivity contribution >= 4 is 33.3 Å². The molecule has 0 radical (unpaired) electrons. The molecule has 0 aliphatic heterocycles. The van der Waals surface area contributed by atoms with E-state index >= 15 is 0 Å². The number of nitrogens with zero attached hydrogens (tertiary/aromatic N) is 2. The number of hydrogen-bond acceptors (Lipinski definition) is 4. The van der Waals surface area contributed by atoms with Crippen LogP contribution in [-0.4, -0.2) is 17.1 Å². The van der Waals surface area contributed by atoms with E-state index in [0.29, 0.717) is 10.3 Å². The fraction of sp³-hybridized carbons (Fsp3) is 0.143. The van der Waals surface area contributed by atoms with Crippen molar-refractivity contribution in [3.05, 3.63) is 17.3 Å². The Morgan fingerprint density at radius 1 is 1.42 bits per heavy atom. The summed E-state index contributed by atoms with van der Waals surface area (Å²) < 4.78 is 4.96. The van der Waals surface area contributed by atoms with Crippen molar-refractivity contribution in [2.45, 2.75) is 0 Å². The van der Waals surface area contributed by atoms with Crippen molar-refractivity contribution in [2.75, 3.05) is 7.11 Å². The largest absolute Gasteiger partial charge is 0.473 e. The average molecular weight is 201 g/mol. The third-order valence-corrected chi connectivity index (χ3v) is 2.51. The molecule has 0 N–H and O–H groups in total. The Balaban J connectivity index is 2.67. The Labute approximate surface area is 78.0 Å². The number of ether oxygens (including phenoxy) is 1. The second kappa shape index (κ2) is 2.88. The smallest absolute Gasteiger partial charge is 0.275 e. The van der Waals surface area contributed by atoms with Gasteiger partial charge in [0.05, 0.1) is 7.11 Å². The summed E-state index contributed by atoms with van der Waals surface area (Å²) in [6.45, 7) is 0. The lowest BCUT2D eigenvalue weighted by atomic mass is 10.5. The molecule has 0 atom stereocenters. The number of halogens is 1. The average Bonchev–Trinajstić information content (AvgIpc) is 2.46. The minimum absolute atomic E-state index is 0.480. The first-order chi connectivity index (χ1) is 5.79. The van der Waals surface area contributed by atoms with E-state index < -0.39 is 0 Å². The molecule has 2 heterocycles. The number of thiazole rings is 1. The van der Waals surface area contributed by atoms with Crippen LogP contribution < -0.4 is 4.74 Å². The van der Waals surface area contributed by atoms with Gasteiger partial charge in [0.1, 0.15) is 15.5 Å². The van der Waals surface area contributed by atoms with E-state index in [9.17, 15) is 0 Å². The maximum absolute atomic E-state index is 5.70. The monoisotopic (exact) mass is 200 g/mol. The number of fused-ring (bicyclic) bond motifs is 1. The van der Waals surface area contributed by atoms with Crippen LogP contribution in [0.3, 0.4) is 0 Å². The topological polar surface area (TPSA) is 35.0 Å². The van der Waals surface area contributed by atoms with Crippen LogP contribution in [0.4, 0.5) is 0 Å². The molecule has 2 aromatic rings. The van der Waals surface area contributed by atoms with Crippen LogP contribution in [0.15, 0.2) is 12.1 Å². The highest BCUT2D eigenvalue weighted by molar-refractivity contribution is 7.19. The molecule has 0 saturated heterocycles. The van der Waals surface area contributed by atoms with Gasteiger partial charge in [-0.05, 0) is 12.1 Å². The van der Waals surface area contributed by atoms with Gasteiger partial charge in [-0.15, -0.1) is 0 Å². The van der Waals surface area contributed by atoms with Crippen LogP contribution in [-0.2, 0) is 0 Å². The van der Waals surface area contributed by atoms with Gasteiger partial charge in [-0.3, -0.25) is 0 Å². The quantitative estimate of drug-likeness (QED) is 0.663. The molecule has 3 nitrogen and oxygen atoms in total. The predicted octanol–water partition coefficient (Wildman–Crippen LogP) is 2.35. The van der Waals surface area contributed by atoms with Crippen molar-refractivity contribution in [3.8, 4) is 5.19 Å². The van der Waals surface area contributed by atoms with Crippen molar-refractivity contribution in [2.24, 2.45) is 0 Å². The Kier molecular flexibility index (Phi) is 1.86. The zero-order valence-corrected chi connectivity index (χ0v) is 7.82. The zero-order valence-electron chi connectivity index (χ0n) is 6.24. The summed E-state index contributed by atoms with van der Waals surface area (Å²) in [5.41, 5.74) is 0.821. The molecule has 2 aromatic heterocycles. The summed E-state index contributed by atoms with van der Waals surface area (Å²) in [7, 11) is 1.58. The number of aromatic nitrogens is 2. The van der Waals surface area contributed by atoms with E-state index in [1.165, 1.54) is 11.3 Å². The fourth-order valence-corrected chi connectivity index (χ4v) is 1.81. The van der Waals surface area contributed by atoms with Crippen molar-refractivity contribution in [1.29, 1.82) is 0 Å². The van der Waals surface area contributed by atoms with Crippen LogP contribution >= 0.6 is 22.9 Å². The molecule has 0 saturated carbocycles. The lowest BCUT2D eigenvalue weighted by molar-refractivity contribution is 0.413. The Morgan fingerprint density at radius 2 is 2.25 bits per heavy atom. The molecular formula is C7H5ClN2OS. The number of pyridine rings is 1. The molecule has 0 spiro atoms. The fourth-order valence-electron chi connectivity index (χ4n) is 0.862. The molecule has 12 heavy (non-hydrogen) atoms. The van der Waals surface area contributed by atoms with Gasteiger partial charge in [-0.1, -0.05) is 22.9 Å². The molecule has 0 aromatic carbocycles. The molecule has 0 fully saturated rings. The van der Waals surface area contributed by atoms with Gasteiger partial charge in [0, 0.05) is 0 Å². The van der Waals surface area contributed by atoms with Crippen LogP contribution in [0.2, 0.25) is 5.15 Å². The van der Waals surface area contributed by atoms with Gasteiger partial charge < -0.3 is 4.74 Å². The highest BCUT2D eigenvalue weighted by atomic mass is 35.5. The van der Waals surface area contributed by atoms with Crippen LogP contribution in [0.25, 0.3) is 10.3 Å². The molecular weight excluding hydrogens is 196 g/mol. The summed E-state index contributed by atoms with van der Waals surface area (Å²) in [5, 5.41) is 1.09. The van der Waals surface area contributed by atoms with Crippen LogP contribution in [0.5, 0.6) is 5.19 Å². The Bertz CT molecular complexity index is 415. The third-order valence-electron chi connectivity index (χ3n) is 1.38. The molecule has 62 valence electrons. The molecule has 2 rings (SSSR count). The summed E-state index contributed by atoms with van der Waals surface area (Å²) in [6.07, 6.45) is 0. The van der Waals surface area contributed by atoms with E-state index in [-0.39, 0.29) is 0 Å². The summed E-state index contributed by atoms with van der Waals surface area (Å²) in [5.74, 6) is 0. The first kappa shape index (κ1) is 7.76. The van der Waals surface area contributed by atoms with Crippen molar-refractivity contribution in [1.82, 2.24) is 9.97 Å². The second-order valence-corrected chi connectivity index (χ2v) is 3.47. The predicted molar refractivity (Wildman–Crippen MR) is 49.0 cm³/mol.